The van der Waals surface area contributed by atoms with Crippen LogP contribution in [-0.2, 0) is 0 Å². The van der Waals surface area contributed by atoms with E-state index >= 15 is 0 Å². The molecule has 0 bridgehead atoms. The summed E-state index contributed by atoms with van der Waals surface area (Å²) < 4.78 is 8.55. The van der Waals surface area contributed by atoms with E-state index in [1.54, 1.807) is 22.1 Å². The molecule has 0 amide bonds. The lowest BCUT2D eigenvalue weighted by molar-refractivity contribution is -0.384. The molecule has 0 unspecified atom stereocenters. The van der Waals surface area contributed by atoms with Gasteiger partial charge in [-0.05, 0) is 36.4 Å². The third kappa shape index (κ3) is 4.16. The van der Waals surface area contributed by atoms with E-state index in [-0.39, 0.29) is 11.6 Å². The summed E-state index contributed by atoms with van der Waals surface area (Å²) in [6, 6.07) is 32.9. The average Bonchev–Trinajstić information content (AvgIpc) is 3.81. The Bertz CT molecular complexity index is 2350. The number of benzene rings is 4. The summed E-state index contributed by atoms with van der Waals surface area (Å²) in [7, 11) is 0. The smallest absolute Gasteiger partial charge is 0.269 e. The van der Waals surface area contributed by atoms with Crippen molar-refractivity contribution in [2.75, 3.05) is 0 Å². The third-order valence-corrected chi connectivity index (χ3v) is 8.66. The average molecular weight is 594 g/mol. The summed E-state index contributed by atoms with van der Waals surface area (Å²) >= 11 is 1.65. The number of thiazole rings is 1. The lowest BCUT2D eigenvalue weighted by Crippen LogP contribution is -2.12. The van der Waals surface area contributed by atoms with Gasteiger partial charge in [0.15, 0.2) is 5.76 Å². The van der Waals surface area contributed by atoms with Crippen LogP contribution in [0.3, 0.4) is 0 Å². The molecule has 0 spiro atoms. The summed E-state index contributed by atoms with van der Waals surface area (Å²) in [4.78, 5) is 34.0. The number of para-hydroxylation sites is 2. The zero-order valence-electron chi connectivity index (χ0n) is 22.7. The Balaban J connectivity index is 1.20. The minimum absolute atomic E-state index is 0.0894. The molecular formula is C34H19N5O4S. The number of fused-ring (bicyclic) bond motifs is 4. The van der Waals surface area contributed by atoms with Crippen LogP contribution in [-0.4, -0.2) is 30.5 Å². The molecule has 4 heterocycles. The first-order valence-corrected chi connectivity index (χ1v) is 14.5. The Morgan fingerprint density at radius 3 is 2.39 bits per heavy atom. The fourth-order valence-electron chi connectivity index (χ4n) is 5.46. The van der Waals surface area contributed by atoms with Crippen molar-refractivity contribution in [2.45, 2.75) is 0 Å². The molecule has 8 aromatic rings. The molecule has 0 saturated heterocycles. The Kier molecular flexibility index (Phi) is 5.88. The van der Waals surface area contributed by atoms with Gasteiger partial charge < -0.3 is 4.52 Å². The Morgan fingerprint density at radius 2 is 1.59 bits per heavy atom. The largest absolute Gasteiger partial charge is 0.354 e. The number of aromatic nitrogens is 4. The number of hydrogen-bond donors (Lipinski definition) is 0. The minimum Gasteiger partial charge on any atom is -0.354 e. The van der Waals surface area contributed by atoms with Crippen LogP contribution in [0.15, 0.2) is 120 Å². The lowest BCUT2D eigenvalue weighted by atomic mass is 10.1. The number of nitro benzene ring substituents is 1. The van der Waals surface area contributed by atoms with Gasteiger partial charge in [-0.15, -0.1) is 11.3 Å². The molecule has 44 heavy (non-hydrogen) atoms. The van der Waals surface area contributed by atoms with Crippen molar-refractivity contribution in [3.8, 4) is 33.3 Å². The number of carbonyl (C=O) groups excluding carboxylic acids is 1. The number of carbonyl (C=O) groups is 1. The molecule has 0 radical (unpaired) electrons. The highest BCUT2D eigenvalue weighted by Gasteiger charge is 2.23. The molecule has 8 rings (SSSR count). The van der Waals surface area contributed by atoms with Gasteiger partial charge in [0.25, 0.3) is 11.6 Å². The maximum Gasteiger partial charge on any atom is 0.269 e. The number of hydrogen-bond acceptors (Lipinski definition) is 8. The van der Waals surface area contributed by atoms with Crippen LogP contribution in [0.25, 0.3) is 65.3 Å². The normalized spacial score (nSPS) is 11.5. The van der Waals surface area contributed by atoms with Gasteiger partial charge >= 0.3 is 0 Å². The Hall–Kier alpha value is -6.00. The molecule has 0 fully saturated rings. The van der Waals surface area contributed by atoms with Crippen LogP contribution in [0.5, 0.6) is 0 Å². The molecule has 0 aliphatic heterocycles. The molecule has 4 aromatic heterocycles. The summed E-state index contributed by atoms with van der Waals surface area (Å²) in [5.74, 6) is 0.0620. The molecule has 0 N–H and O–H groups in total. The highest BCUT2D eigenvalue weighted by Crippen LogP contribution is 2.37. The van der Waals surface area contributed by atoms with Crippen LogP contribution in [0, 0.1) is 10.1 Å². The molecule has 0 aliphatic rings. The summed E-state index contributed by atoms with van der Waals surface area (Å²) in [6.45, 7) is 0. The van der Waals surface area contributed by atoms with E-state index in [0.717, 1.165) is 37.1 Å². The van der Waals surface area contributed by atoms with Gasteiger partial charge in [-0.1, -0.05) is 59.8 Å². The first-order valence-electron chi connectivity index (χ1n) is 13.7. The second kappa shape index (κ2) is 10.1. The molecular weight excluding hydrogens is 574 g/mol. The molecule has 0 aliphatic carbocycles. The van der Waals surface area contributed by atoms with E-state index in [0.29, 0.717) is 33.7 Å². The first-order chi connectivity index (χ1) is 21.5. The van der Waals surface area contributed by atoms with Crippen molar-refractivity contribution in [1.29, 1.82) is 0 Å². The highest BCUT2D eigenvalue weighted by molar-refractivity contribution is 7.21. The molecule has 0 atom stereocenters. The third-order valence-electron chi connectivity index (χ3n) is 7.58. The summed E-state index contributed by atoms with van der Waals surface area (Å²) in [5, 5.41) is 18.1. The van der Waals surface area contributed by atoms with E-state index in [1.807, 2.05) is 78.9 Å². The van der Waals surface area contributed by atoms with Crippen LogP contribution < -0.4 is 0 Å². The second-order valence-electron chi connectivity index (χ2n) is 10.2. The van der Waals surface area contributed by atoms with Crippen molar-refractivity contribution < 1.29 is 14.2 Å². The van der Waals surface area contributed by atoms with E-state index < -0.39 is 4.92 Å². The number of nitro groups is 1. The predicted octanol–water partition coefficient (Wildman–Crippen LogP) is 8.38. The number of nitrogens with zero attached hydrogens (tertiary/aromatic N) is 5. The molecule has 10 heteroatoms. The van der Waals surface area contributed by atoms with E-state index in [2.05, 4.69) is 16.2 Å². The van der Waals surface area contributed by atoms with Gasteiger partial charge in [0.05, 0.1) is 26.2 Å². The molecule has 210 valence electrons. The second-order valence-corrected chi connectivity index (χ2v) is 11.2. The molecule has 9 nitrogen and oxygen atoms in total. The fourth-order valence-corrected chi connectivity index (χ4v) is 6.43. The fraction of sp³-hybridized carbons (Fsp3) is 0. The number of pyridine rings is 1. The van der Waals surface area contributed by atoms with Crippen molar-refractivity contribution in [2.24, 2.45) is 0 Å². The van der Waals surface area contributed by atoms with Gasteiger partial charge in [-0.25, -0.2) is 4.98 Å². The Morgan fingerprint density at radius 1 is 0.841 bits per heavy atom. The van der Waals surface area contributed by atoms with Crippen molar-refractivity contribution >= 4 is 55.0 Å². The van der Waals surface area contributed by atoms with E-state index in [1.165, 1.54) is 24.3 Å². The Labute approximate surface area is 252 Å². The van der Waals surface area contributed by atoms with Crippen LogP contribution in [0.1, 0.15) is 10.4 Å². The predicted molar refractivity (Wildman–Crippen MR) is 170 cm³/mol. The highest BCUT2D eigenvalue weighted by atomic mass is 32.1. The zero-order valence-corrected chi connectivity index (χ0v) is 23.6. The van der Waals surface area contributed by atoms with Gasteiger partial charge in [0, 0.05) is 51.9 Å². The van der Waals surface area contributed by atoms with Crippen molar-refractivity contribution in [1.82, 2.24) is 19.7 Å². The zero-order chi connectivity index (χ0) is 29.8. The standard InChI is InChI=1S/C34H19N5O4S/c40-34(22-13-15-23(16-14-22)39(41)42)38-28-7-3-1-5-24(28)25-17-18-35-31(32(25)38)29-19-27(37-43-29)20-9-11-21(12-10-20)33-36-26-6-2-4-8-30(26)44-33/h1-19H. The number of non-ortho nitro benzene ring substituents is 1. The summed E-state index contributed by atoms with van der Waals surface area (Å²) in [6.07, 6.45) is 1.68. The van der Waals surface area contributed by atoms with E-state index in [9.17, 15) is 14.9 Å². The quantitative estimate of drug-likeness (QED) is 0.145. The SMILES string of the molecule is O=C(c1ccc([N+](=O)[O-])cc1)n1c2ccccc2c2ccnc(-c3cc(-c4ccc(-c5nc6ccccc6s5)cc4)no3)c21. The lowest BCUT2D eigenvalue weighted by Gasteiger charge is -2.08. The van der Waals surface area contributed by atoms with Crippen molar-refractivity contribution in [3.05, 3.63) is 131 Å². The molecule has 0 saturated carbocycles. The first kappa shape index (κ1) is 25.7. The van der Waals surface area contributed by atoms with Gasteiger partial charge in [0.1, 0.15) is 16.4 Å². The molecule has 4 aromatic carbocycles. The van der Waals surface area contributed by atoms with Crippen molar-refractivity contribution in [3.63, 3.8) is 0 Å². The van der Waals surface area contributed by atoms with Crippen LogP contribution >= 0.6 is 11.3 Å². The van der Waals surface area contributed by atoms with Gasteiger partial charge in [-0.3, -0.25) is 24.5 Å². The minimum atomic E-state index is -0.493. The maximum atomic E-state index is 13.9. The van der Waals surface area contributed by atoms with E-state index in [4.69, 9.17) is 9.51 Å². The van der Waals surface area contributed by atoms with Crippen LogP contribution in [0.2, 0.25) is 0 Å². The van der Waals surface area contributed by atoms with Gasteiger partial charge in [-0.2, -0.15) is 0 Å². The number of rotatable bonds is 5. The summed E-state index contributed by atoms with van der Waals surface area (Å²) in [5.41, 5.74) is 5.39. The van der Waals surface area contributed by atoms with Gasteiger partial charge in [0.2, 0.25) is 0 Å². The monoisotopic (exact) mass is 593 g/mol. The van der Waals surface area contributed by atoms with Crippen LogP contribution in [0.4, 0.5) is 5.69 Å². The maximum absolute atomic E-state index is 13.9. The topological polar surface area (TPSA) is 117 Å².